The smallest absolute Gasteiger partial charge is 0.277 e. The van der Waals surface area contributed by atoms with Crippen LogP contribution in [0.25, 0.3) is 0 Å². The van der Waals surface area contributed by atoms with Crippen LogP contribution in [0.5, 0.6) is 11.5 Å². The number of ether oxygens (including phenoxy) is 2. The van der Waals surface area contributed by atoms with E-state index in [1.165, 1.54) is 18.3 Å². The van der Waals surface area contributed by atoms with Crippen LogP contribution in [0, 0.1) is 10.1 Å². The molecule has 0 fully saturated rings. The number of benzene rings is 3. The maximum absolute atomic E-state index is 11.7. The number of hydrazone groups is 1. The number of para-hydroxylation sites is 1. The van der Waals surface area contributed by atoms with Gasteiger partial charge in [-0.05, 0) is 59.7 Å². The molecule has 0 unspecified atom stereocenters. The summed E-state index contributed by atoms with van der Waals surface area (Å²) in [6, 6.07) is 22.4. The Balaban J connectivity index is 1.42. The molecule has 0 aliphatic heterocycles. The molecule has 0 saturated heterocycles. The lowest BCUT2D eigenvalue weighted by molar-refractivity contribution is -0.384. The fourth-order valence-electron chi connectivity index (χ4n) is 2.41. The zero-order valence-corrected chi connectivity index (χ0v) is 15.9. The van der Waals surface area contributed by atoms with Crippen molar-refractivity contribution in [2.75, 3.05) is 6.61 Å². The SMILES string of the molecule is O=C(COc1ccccc1)N/N=C\c1ccc(OCc2ccc([N+](=O)[O-])cc2)cc1. The summed E-state index contributed by atoms with van der Waals surface area (Å²) in [4.78, 5) is 22.0. The highest BCUT2D eigenvalue weighted by molar-refractivity contribution is 5.83. The average molecular weight is 405 g/mol. The van der Waals surface area contributed by atoms with Gasteiger partial charge in [-0.1, -0.05) is 18.2 Å². The third-order valence-electron chi connectivity index (χ3n) is 3.95. The summed E-state index contributed by atoms with van der Waals surface area (Å²) in [5.41, 5.74) is 4.05. The van der Waals surface area contributed by atoms with Crippen LogP contribution in [0.1, 0.15) is 11.1 Å². The molecule has 3 aromatic carbocycles. The first-order chi connectivity index (χ1) is 14.6. The number of nitro groups is 1. The molecule has 3 aromatic rings. The Kier molecular flexibility index (Phi) is 7.10. The molecule has 8 heteroatoms. The lowest BCUT2D eigenvalue weighted by atomic mass is 10.2. The van der Waals surface area contributed by atoms with Gasteiger partial charge in [-0.25, -0.2) is 5.43 Å². The molecular weight excluding hydrogens is 386 g/mol. The van der Waals surface area contributed by atoms with E-state index >= 15 is 0 Å². The molecule has 0 aromatic heterocycles. The van der Waals surface area contributed by atoms with Crippen molar-refractivity contribution in [3.8, 4) is 11.5 Å². The van der Waals surface area contributed by atoms with Crippen molar-refractivity contribution in [2.24, 2.45) is 5.10 Å². The summed E-state index contributed by atoms with van der Waals surface area (Å²) in [5.74, 6) is 0.893. The Hall–Kier alpha value is -4.20. The highest BCUT2D eigenvalue weighted by atomic mass is 16.6. The van der Waals surface area contributed by atoms with Gasteiger partial charge in [-0.15, -0.1) is 0 Å². The van der Waals surface area contributed by atoms with Crippen molar-refractivity contribution in [2.45, 2.75) is 6.61 Å². The summed E-state index contributed by atoms with van der Waals surface area (Å²) < 4.78 is 11.0. The van der Waals surface area contributed by atoms with E-state index in [9.17, 15) is 14.9 Å². The van der Waals surface area contributed by atoms with Crippen LogP contribution in [0.2, 0.25) is 0 Å². The van der Waals surface area contributed by atoms with E-state index in [-0.39, 0.29) is 18.2 Å². The number of nitrogens with one attached hydrogen (secondary N) is 1. The predicted molar refractivity (Wildman–Crippen MR) is 112 cm³/mol. The Bertz CT molecular complexity index is 1000. The number of hydrogen-bond acceptors (Lipinski definition) is 6. The lowest BCUT2D eigenvalue weighted by Crippen LogP contribution is -2.24. The number of hydrogen-bond donors (Lipinski definition) is 1. The first-order valence-electron chi connectivity index (χ1n) is 9.06. The second-order valence-corrected chi connectivity index (χ2v) is 6.18. The number of nitro benzene ring substituents is 1. The molecule has 3 rings (SSSR count). The van der Waals surface area contributed by atoms with Crippen molar-refractivity contribution in [1.29, 1.82) is 0 Å². The third kappa shape index (κ3) is 6.45. The summed E-state index contributed by atoms with van der Waals surface area (Å²) >= 11 is 0. The zero-order valence-electron chi connectivity index (χ0n) is 15.9. The maximum atomic E-state index is 11.7. The van der Waals surface area contributed by atoms with E-state index < -0.39 is 4.92 Å². The molecule has 0 radical (unpaired) electrons. The Morgan fingerprint density at radius 1 is 0.933 bits per heavy atom. The summed E-state index contributed by atoms with van der Waals surface area (Å²) in [7, 11) is 0. The molecule has 0 heterocycles. The quantitative estimate of drug-likeness (QED) is 0.332. The van der Waals surface area contributed by atoms with Gasteiger partial charge in [-0.3, -0.25) is 14.9 Å². The van der Waals surface area contributed by atoms with Gasteiger partial charge < -0.3 is 9.47 Å². The van der Waals surface area contributed by atoms with Crippen LogP contribution in [-0.2, 0) is 11.4 Å². The molecule has 8 nitrogen and oxygen atoms in total. The summed E-state index contributed by atoms with van der Waals surface area (Å²) in [6.45, 7) is 0.166. The first kappa shape index (κ1) is 20.5. The average Bonchev–Trinajstić information content (AvgIpc) is 2.78. The Morgan fingerprint density at radius 2 is 1.60 bits per heavy atom. The van der Waals surface area contributed by atoms with E-state index in [0.29, 0.717) is 18.1 Å². The fraction of sp³-hybridized carbons (Fsp3) is 0.0909. The van der Waals surface area contributed by atoms with Crippen LogP contribution in [0.3, 0.4) is 0 Å². The molecule has 1 amide bonds. The van der Waals surface area contributed by atoms with Crippen molar-refractivity contribution < 1.29 is 19.2 Å². The largest absolute Gasteiger partial charge is 0.489 e. The predicted octanol–water partition coefficient (Wildman–Crippen LogP) is 3.70. The fourth-order valence-corrected chi connectivity index (χ4v) is 2.41. The maximum Gasteiger partial charge on any atom is 0.277 e. The van der Waals surface area contributed by atoms with E-state index in [1.807, 2.05) is 18.2 Å². The molecule has 0 aliphatic rings. The van der Waals surface area contributed by atoms with Crippen LogP contribution >= 0.6 is 0 Å². The molecule has 1 N–H and O–H groups in total. The van der Waals surface area contributed by atoms with Gasteiger partial charge in [0.05, 0.1) is 11.1 Å². The van der Waals surface area contributed by atoms with E-state index in [0.717, 1.165) is 11.1 Å². The van der Waals surface area contributed by atoms with Gasteiger partial charge in [-0.2, -0.15) is 5.10 Å². The van der Waals surface area contributed by atoms with E-state index in [4.69, 9.17) is 9.47 Å². The highest BCUT2D eigenvalue weighted by Gasteiger charge is 2.04. The lowest BCUT2D eigenvalue weighted by Gasteiger charge is -2.06. The van der Waals surface area contributed by atoms with Crippen molar-refractivity contribution in [3.63, 3.8) is 0 Å². The minimum absolute atomic E-state index is 0.0427. The van der Waals surface area contributed by atoms with Crippen LogP contribution < -0.4 is 14.9 Å². The van der Waals surface area contributed by atoms with Crippen molar-refractivity contribution in [1.82, 2.24) is 5.43 Å². The zero-order chi connectivity index (χ0) is 21.2. The van der Waals surface area contributed by atoms with Gasteiger partial charge in [0.1, 0.15) is 18.1 Å². The van der Waals surface area contributed by atoms with Crippen molar-refractivity contribution >= 4 is 17.8 Å². The standard InChI is InChI=1S/C22H19N3O5/c26-22(16-30-20-4-2-1-3-5-20)24-23-14-17-8-12-21(13-9-17)29-15-18-6-10-19(11-7-18)25(27)28/h1-14H,15-16H2,(H,24,26)/b23-14-. The molecule has 0 spiro atoms. The second kappa shape index (κ2) is 10.4. The van der Waals surface area contributed by atoms with E-state index in [1.54, 1.807) is 48.5 Å². The topological polar surface area (TPSA) is 103 Å². The molecule has 0 aliphatic carbocycles. The number of carbonyl (C=O) groups excluding carboxylic acids is 1. The number of nitrogens with zero attached hydrogens (tertiary/aromatic N) is 2. The van der Waals surface area contributed by atoms with Gasteiger partial charge in [0.2, 0.25) is 0 Å². The monoisotopic (exact) mass is 405 g/mol. The van der Waals surface area contributed by atoms with Crippen LogP contribution in [0.4, 0.5) is 5.69 Å². The minimum atomic E-state index is -0.441. The summed E-state index contributed by atoms with van der Waals surface area (Å²) in [6.07, 6.45) is 1.51. The number of rotatable bonds is 9. The van der Waals surface area contributed by atoms with E-state index in [2.05, 4.69) is 10.5 Å². The van der Waals surface area contributed by atoms with Gasteiger partial charge >= 0.3 is 0 Å². The molecular formula is C22H19N3O5. The van der Waals surface area contributed by atoms with Gasteiger partial charge in [0, 0.05) is 12.1 Å². The van der Waals surface area contributed by atoms with Crippen molar-refractivity contribution in [3.05, 3.63) is 100 Å². The number of carbonyl (C=O) groups is 1. The number of amides is 1. The first-order valence-corrected chi connectivity index (χ1v) is 9.06. The van der Waals surface area contributed by atoms with Crippen LogP contribution in [0.15, 0.2) is 84.0 Å². The molecule has 0 bridgehead atoms. The molecule has 0 saturated carbocycles. The van der Waals surface area contributed by atoms with Crippen LogP contribution in [-0.4, -0.2) is 23.7 Å². The van der Waals surface area contributed by atoms with Gasteiger partial charge in [0.15, 0.2) is 6.61 Å². The Labute approximate surface area is 172 Å². The second-order valence-electron chi connectivity index (χ2n) is 6.18. The molecule has 30 heavy (non-hydrogen) atoms. The third-order valence-corrected chi connectivity index (χ3v) is 3.95. The summed E-state index contributed by atoms with van der Waals surface area (Å²) in [5, 5.41) is 14.6. The number of non-ortho nitro benzene ring substituents is 1. The highest BCUT2D eigenvalue weighted by Crippen LogP contribution is 2.16. The normalized spacial score (nSPS) is 10.5. The van der Waals surface area contributed by atoms with Gasteiger partial charge in [0.25, 0.3) is 11.6 Å². The Morgan fingerprint density at radius 3 is 2.27 bits per heavy atom. The minimum Gasteiger partial charge on any atom is -0.489 e. The molecule has 0 atom stereocenters. The molecule has 152 valence electrons.